The van der Waals surface area contributed by atoms with Crippen LogP contribution in [0.25, 0.3) is 0 Å². The lowest BCUT2D eigenvalue weighted by atomic mass is 10.2. The van der Waals surface area contributed by atoms with Crippen LogP contribution in [0.1, 0.15) is 23.0 Å². The normalized spacial score (nSPS) is 10.1. The molecule has 0 atom stereocenters. The van der Waals surface area contributed by atoms with Crippen molar-refractivity contribution in [2.75, 3.05) is 17.2 Å². The number of aryl methyl sites for hydroxylation is 1. The summed E-state index contributed by atoms with van der Waals surface area (Å²) in [6.45, 7) is 4.65. The summed E-state index contributed by atoms with van der Waals surface area (Å²) in [7, 11) is 0. The Morgan fingerprint density at radius 1 is 1.44 bits per heavy atom. The highest BCUT2D eigenvalue weighted by Gasteiger charge is 2.09. The molecule has 18 heavy (non-hydrogen) atoms. The van der Waals surface area contributed by atoms with E-state index in [-0.39, 0.29) is 5.91 Å². The van der Waals surface area contributed by atoms with Crippen LogP contribution >= 0.6 is 11.3 Å². The van der Waals surface area contributed by atoms with E-state index in [0.717, 1.165) is 23.7 Å². The van der Waals surface area contributed by atoms with Crippen molar-refractivity contribution >= 4 is 28.7 Å². The van der Waals surface area contributed by atoms with Gasteiger partial charge in [0, 0.05) is 23.2 Å². The number of rotatable bonds is 4. The molecular formula is C13H15N3OS. The van der Waals surface area contributed by atoms with Gasteiger partial charge in [0.15, 0.2) is 0 Å². The molecule has 0 aliphatic rings. The zero-order valence-corrected chi connectivity index (χ0v) is 11.2. The Hall–Kier alpha value is -1.88. The van der Waals surface area contributed by atoms with Crippen molar-refractivity contribution in [1.29, 1.82) is 0 Å². The second kappa shape index (κ2) is 5.64. The first-order valence-electron chi connectivity index (χ1n) is 5.75. The Kier molecular flexibility index (Phi) is 3.94. The third kappa shape index (κ3) is 3.07. The molecule has 0 aliphatic carbocycles. The average molecular weight is 261 g/mol. The van der Waals surface area contributed by atoms with E-state index in [1.807, 2.05) is 30.7 Å². The maximum Gasteiger partial charge on any atom is 0.255 e. The van der Waals surface area contributed by atoms with Crippen LogP contribution in [0.2, 0.25) is 0 Å². The van der Waals surface area contributed by atoms with Gasteiger partial charge in [-0.05, 0) is 37.4 Å². The van der Waals surface area contributed by atoms with Crippen LogP contribution in [0, 0.1) is 6.92 Å². The Morgan fingerprint density at radius 3 is 2.94 bits per heavy atom. The highest BCUT2D eigenvalue weighted by atomic mass is 32.1. The average Bonchev–Trinajstić information content (AvgIpc) is 2.81. The Labute approximate surface area is 110 Å². The predicted octanol–water partition coefficient (Wildman–Crippen LogP) is 3.14. The van der Waals surface area contributed by atoms with Crippen LogP contribution in [0.5, 0.6) is 0 Å². The van der Waals surface area contributed by atoms with Gasteiger partial charge >= 0.3 is 0 Å². The van der Waals surface area contributed by atoms with E-state index in [0.29, 0.717) is 5.56 Å². The summed E-state index contributed by atoms with van der Waals surface area (Å²) in [6.07, 6.45) is 0. The number of anilines is 2. The van der Waals surface area contributed by atoms with E-state index in [1.165, 1.54) is 0 Å². The van der Waals surface area contributed by atoms with Crippen molar-refractivity contribution in [3.05, 3.63) is 40.2 Å². The van der Waals surface area contributed by atoms with Crippen molar-refractivity contribution < 1.29 is 4.79 Å². The monoisotopic (exact) mass is 261 g/mol. The van der Waals surface area contributed by atoms with Gasteiger partial charge in [-0.15, -0.1) is 0 Å². The number of carbonyl (C=O) groups excluding carboxylic acids is 1. The zero-order valence-electron chi connectivity index (χ0n) is 10.4. The standard InChI is InChI=1S/C13H15N3OS/c1-3-14-12-7-10(6-9(2)15-12)13(17)16-11-4-5-18-8-11/h4-8H,3H2,1-2H3,(H,14,15)(H,16,17). The number of hydrogen-bond donors (Lipinski definition) is 2. The van der Waals surface area contributed by atoms with Crippen LogP contribution in [0.15, 0.2) is 29.0 Å². The molecule has 0 aromatic carbocycles. The predicted molar refractivity (Wildman–Crippen MR) is 75.4 cm³/mol. The highest BCUT2D eigenvalue weighted by Crippen LogP contribution is 2.15. The zero-order chi connectivity index (χ0) is 13.0. The highest BCUT2D eigenvalue weighted by molar-refractivity contribution is 7.08. The van der Waals surface area contributed by atoms with Gasteiger partial charge in [-0.2, -0.15) is 11.3 Å². The minimum absolute atomic E-state index is 0.113. The van der Waals surface area contributed by atoms with Crippen LogP contribution in [-0.4, -0.2) is 17.4 Å². The molecule has 0 saturated carbocycles. The van der Waals surface area contributed by atoms with E-state index in [9.17, 15) is 4.79 Å². The number of amides is 1. The lowest BCUT2D eigenvalue weighted by Gasteiger charge is -2.07. The summed E-state index contributed by atoms with van der Waals surface area (Å²) in [5.74, 6) is 0.617. The van der Waals surface area contributed by atoms with E-state index in [1.54, 1.807) is 23.5 Å². The minimum atomic E-state index is -0.113. The van der Waals surface area contributed by atoms with E-state index in [2.05, 4.69) is 15.6 Å². The number of nitrogens with one attached hydrogen (secondary N) is 2. The maximum absolute atomic E-state index is 12.1. The first kappa shape index (κ1) is 12.6. The van der Waals surface area contributed by atoms with Gasteiger partial charge < -0.3 is 10.6 Å². The molecule has 2 rings (SSSR count). The summed E-state index contributed by atoms with van der Waals surface area (Å²) in [6, 6.07) is 5.42. The largest absolute Gasteiger partial charge is 0.370 e. The fourth-order valence-electron chi connectivity index (χ4n) is 1.61. The number of thiophene rings is 1. The first-order chi connectivity index (χ1) is 8.69. The summed E-state index contributed by atoms with van der Waals surface area (Å²) in [4.78, 5) is 16.4. The number of hydrogen-bond acceptors (Lipinski definition) is 4. The van der Waals surface area contributed by atoms with Crippen LogP contribution in [0.3, 0.4) is 0 Å². The van der Waals surface area contributed by atoms with Gasteiger partial charge in [-0.25, -0.2) is 4.98 Å². The molecule has 2 N–H and O–H groups in total. The molecule has 2 aromatic rings. The molecule has 0 spiro atoms. The Morgan fingerprint density at radius 2 is 2.28 bits per heavy atom. The molecule has 1 amide bonds. The molecule has 0 unspecified atom stereocenters. The van der Waals surface area contributed by atoms with Gasteiger partial charge in [-0.1, -0.05) is 0 Å². The lowest BCUT2D eigenvalue weighted by Crippen LogP contribution is -2.13. The molecule has 0 aliphatic heterocycles. The van der Waals surface area contributed by atoms with Gasteiger partial charge in [0.1, 0.15) is 5.82 Å². The molecule has 0 radical (unpaired) electrons. The summed E-state index contributed by atoms with van der Waals surface area (Å²) in [5, 5.41) is 9.79. The van der Waals surface area contributed by atoms with Gasteiger partial charge in [-0.3, -0.25) is 4.79 Å². The molecule has 0 bridgehead atoms. The first-order valence-corrected chi connectivity index (χ1v) is 6.69. The number of carbonyl (C=O) groups is 1. The topological polar surface area (TPSA) is 54.0 Å². The molecule has 4 nitrogen and oxygen atoms in total. The lowest BCUT2D eigenvalue weighted by molar-refractivity contribution is 0.102. The number of aromatic nitrogens is 1. The molecule has 94 valence electrons. The van der Waals surface area contributed by atoms with Gasteiger partial charge in [0.05, 0.1) is 5.69 Å². The number of pyridine rings is 1. The quantitative estimate of drug-likeness (QED) is 0.889. The van der Waals surface area contributed by atoms with E-state index in [4.69, 9.17) is 0 Å². The van der Waals surface area contributed by atoms with Crippen LogP contribution in [-0.2, 0) is 0 Å². The third-order valence-electron chi connectivity index (χ3n) is 2.35. The summed E-state index contributed by atoms with van der Waals surface area (Å²) in [5.41, 5.74) is 2.26. The van der Waals surface area contributed by atoms with E-state index < -0.39 is 0 Å². The molecule has 2 aromatic heterocycles. The van der Waals surface area contributed by atoms with Crippen LogP contribution in [0.4, 0.5) is 11.5 Å². The fourth-order valence-corrected chi connectivity index (χ4v) is 2.20. The third-order valence-corrected chi connectivity index (χ3v) is 3.04. The maximum atomic E-state index is 12.1. The summed E-state index contributed by atoms with van der Waals surface area (Å²) >= 11 is 1.55. The van der Waals surface area contributed by atoms with Crippen molar-refractivity contribution in [1.82, 2.24) is 4.98 Å². The second-order valence-corrected chi connectivity index (χ2v) is 4.66. The summed E-state index contributed by atoms with van der Waals surface area (Å²) < 4.78 is 0. The molecule has 0 fully saturated rings. The molecule has 5 heteroatoms. The molecular weight excluding hydrogens is 246 g/mol. The van der Waals surface area contributed by atoms with Crippen LogP contribution < -0.4 is 10.6 Å². The second-order valence-electron chi connectivity index (χ2n) is 3.88. The van der Waals surface area contributed by atoms with E-state index >= 15 is 0 Å². The van der Waals surface area contributed by atoms with Gasteiger partial charge in [0.25, 0.3) is 5.91 Å². The SMILES string of the molecule is CCNc1cc(C(=O)Nc2ccsc2)cc(C)n1. The number of nitrogens with zero attached hydrogens (tertiary/aromatic N) is 1. The van der Waals surface area contributed by atoms with Crippen molar-refractivity contribution in [3.63, 3.8) is 0 Å². The Balaban J connectivity index is 2.19. The molecule has 0 saturated heterocycles. The minimum Gasteiger partial charge on any atom is -0.370 e. The van der Waals surface area contributed by atoms with Crippen molar-refractivity contribution in [2.24, 2.45) is 0 Å². The van der Waals surface area contributed by atoms with Crippen molar-refractivity contribution in [3.8, 4) is 0 Å². The smallest absolute Gasteiger partial charge is 0.255 e. The van der Waals surface area contributed by atoms with Crippen molar-refractivity contribution in [2.45, 2.75) is 13.8 Å². The Bertz CT molecular complexity index is 537. The molecule has 2 heterocycles. The fraction of sp³-hybridized carbons (Fsp3) is 0.231. The van der Waals surface area contributed by atoms with Gasteiger partial charge in [0.2, 0.25) is 0 Å².